The molecule has 0 bridgehead atoms. The summed E-state index contributed by atoms with van der Waals surface area (Å²) in [5.41, 5.74) is 1.03. The molecular weight excluding hydrogens is 398 g/mol. The van der Waals surface area contributed by atoms with Crippen molar-refractivity contribution in [2.45, 2.75) is 38.8 Å². The van der Waals surface area contributed by atoms with Gasteiger partial charge in [-0.05, 0) is 56.1 Å². The highest BCUT2D eigenvalue weighted by atomic mass is 35.5. The van der Waals surface area contributed by atoms with Gasteiger partial charge in [-0.15, -0.1) is 0 Å². The summed E-state index contributed by atoms with van der Waals surface area (Å²) >= 11 is 11.6. The third-order valence-corrected chi connectivity index (χ3v) is 5.33. The van der Waals surface area contributed by atoms with Crippen LogP contribution in [0.3, 0.4) is 0 Å². The molecule has 2 aromatic rings. The zero-order valence-electron chi connectivity index (χ0n) is 15.6. The van der Waals surface area contributed by atoms with E-state index >= 15 is 0 Å². The number of ether oxygens (including phenoxy) is 2. The molecule has 1 fully saturated rings. The Morgan fingerprint density at radius 2 is 2.11 bits per heavy atom. The van der Waals surface area contributed by atoms with Crippen molar-refractivity contribution in [3.63, 3.8) is 0 Å². The van der Waals surface area contributed by atoms with E-state index in [9.17, 15) is 0 Å². The second kappa shape index (κ2) is 8.36. The van der Waals surface area contributed by atoms with E-state index in [1.807, 2.05) is 18.2 Å². The smallest absolute Gasteiger partial charge is 0.232 e. The lowest BCUT2D eigenvalue weighted by Gasteiger charge is -2.34. The Morgan fingerprint density at radius 1 is 1.25 bits per heavy atom. The number of thiocarbonyl (C=S) groups is 1. The monoisotopic (exact) mass is 419 g/mol. The number of halogens is 1. The molecule has 3 heterocycles. The zero-order valence-corrected chi connectivity index (χ0v) is 17.1. The molecule has 7 nitrogen and oxygen atoms in total. The van der Waals surface area contributed by atoms with Gasteiger partial charge in [0, 0.05) is 25.2 Å². The van der Waals surface area contributed by atoms with Crippen molar-refractivity contribution >= 4 is 40.7 Å². The largest absolute Gasteiger partial charge is 0.454 e. The van der Waals surface area contributed by atoms with Crippen molar-refractivity contribution in [2.75, 3.05) is 23.6 Å². The maximum absolute atomic E-state index is 6.22. The second-order valence-corrected chi connectivity index (χ2v) is 7.70. The van der Waals surface area contributed by atoms with Crippen LogP contribution in [0.1, 0.15) is 31.7 Å². The molecule has 2 aliphatic heterocycles. The van der Waals surface area contributed by atoms with Crippen molar-refractivity contribution in [1.82, 2.24) is 15.3 Å². The Kier molecular flexibility index (Phi) is 5.68. The molecule has 0 saturated carbocycles. The number of anilines is 2. The molecule has 9 heteroatoms. The number of aromatic nitrogens is 2. The van der Waals surface area contributed by atoms with Crippen LogP contribution < -0.4 is 25.0 Å². The highest BCUT2D eigenvalue weighted by molar-refractivity contribution is 7.80. The number of piperidine rings is 1. The number of nitrogens with one attached hydrogen (secondary N) is 2. The SMILES string of the molecule is CC1CCCCN1c1cc(Cl)nc(NC(=S)NCc2ccc3c(c2)OCO3)n1. The van der Waals surface area contributed by atoms with Gasteiger partial charge in [0.25, 0.3) is 0 Å². The van der Waals surface area contributed by atoms with Gasteiger partial charge in [-0.2, -0.15) is 4.98 Å². The molecule has 4 rings (SSSR count). The fourth-order valence-electron chi connectivity index (χ4n) is 3.43. The van der Waals surface area contributed by atoms with Gasteiger partial charge in [-0.1, -0.05) is 17.7 Å². The number of fused-ring (bicyclic) bond motifs is 1. The van der Waals surface area contributed by atoms with E-state index in [2.05, 4.69) is 32.4 Å². The van der Waals surface area contributed by atoms with Crippen molar-refractivity contribution in [3.05, 3.63) is 35.0 Å². The summed E-state index contributed by atoms with van der Waals surface area (Å²) in [6.45, 7) is 3.98. The summed E-state index contributed by atoms with van der Waals surface area (Å²) in [4.78, 5) is 11.1. The minimum Gasteiger partial charge on any atom is -0.454 e. The van der Waals surface area contributed by atoms with Gasteiger partial charge in [0.1, 0.15) is 11.0 Å². The summed E-state index contributed by atoms with van der Waals surface area (Å²) in [6.07, 6.45) is 3.56. The van der Waals surface area contributed by atoms with E-state index in [1.54, 1.807) is 6.07 Å². The standard InChI is InChI=1S/C19H22ClN5O2S/c1-12-4-2-3-7-25(12)17-9-16(20)22-18(23-17)24-19(28)21-10-13-5-6-14-15(8-13)27-11-26-14/h5-6,8-9,12H,2-4,7,10-11H2,1H3,(H2,21,22,23,24,28). The maximum Gasteiger partial charge on any atom is 0.232 e. The first kappa shape index (κ1) is 19.0. The molecule has 1 aromatic carbocycles. The molecule has 0 amide bonds. The molecule has 2 aliphatic rings. The van der Waals surface area contributed by atoms with Crippen LogP contribution in [-0.2, 0) is 6.54 Å². The van der Waals surface area contributed by atoms with Crippen molar-refractivity contribution in [1.29, 1.82) is 0 Å². The molecule has 28 heavy (non-hydrogen) atoms. The van der Waals surface area contributed by atoms with Crippen molar-refractivity contribution < 1.29 is 9.47 Å². The Bertz CT molecular complexity index is 881. The van der Waals surface area contributed by atoms with Crippen LogP contribution in [0.4, 0.5) is 11.8 Å². The van der Waals surface area contributed by atoms with Crippen LogP contribution >= 0.6 is 23.8 Å². The molecular formula is C19H22ClN5O2S. The minimum absolute atomic E-state index is 0.260. The first-order valence-electron chi connectivity index (χ1n) is 9.33. The van der Waals surface area contributed by atoms with Gasteiger partial charge in [-0.3, -0.25) is 0 Å². The quantitative estimate of drug-likeness (QED) is 0.573. The van der Waals surface area contributed by atoms with Crippen LogP contribution in [0.5, 0.6) is 11.5 Å². The Morgan fingerprint density at radius 3 is 2.96 bits per heavy atom. The molecule has 1 saturated heterocycles. The fourth-order valence-corrected chi connectivity index (χ4v) is 3.77. The molecule has 2 N–H and O–H groups in total. The van der Waals surface area contributed by atoms with Gasteiger partial charge in [0.15, 0.2) is 16.6 Å². The third kappa shape index (κ3) is 4.39. The average molecular weight is 420 g/mol. The van der Waals surface area contributed by atoms with E-state index in [0.717, 1.165) is 42.3 Å². The molecule has 1 unspecified atom stereocenters. The van der Waals surface area contributed by atoms with Gasteiger partial charge < -0.3 is 25.0 Å². The number of nitrogens with zero attached hydrogens (tertiary/aromatic N) is 3. The van der Waals surface area contributed by atoms with Crippen LogP contribution in [-0.4, -0.2) is 34.5 Å². The summed E-state index contributed by atoms with van der Waals surface area (Å²) < 4.78 is 10.7. The predicted octanol–water partition coefficient (Wildman–Crippen LogP) is 3.72. The van der Waals surface area contributed by atoms with Gasteiger partial charge in [-0.25, -0.2) is 4.98 Å². The van der Waals surface area contributed by atoms with Crippen LogP contribution in [0.2, 0.25) is 5.15 Å². The lowest BCUT2D eigenvalue weighted by molar-refractivity contribution is 0.174. The highest BCUT2D eigenvalue weighted by Crippen LogP contribution is 2.32. The lowest BCUT2D eigenvalue weighted by Crippen LogP contribution is -2.38. The maximum atomic E-state index is 6.22. The van der Waals surface area contributed by atoms with Crippen molar-refractivity contribution in [2.24, 2.45) is 0 Å². The fraction of sp³-hybridized carbons (Fsp3) is 0.421. The molecule has 148 valence electrons. The number of rotatable bonds is 4. The van der Waals surface area contributed by atoms with Gasteiger partial charge >= 0.3 is 0 Å². The second-order valence-electron chi connectivity index (χ2n) is 6.91. The van der Waals surface area contributed by atoms with Crippen molar-refractivity contribution in [3.8, 4) is 11.5 Å². The molecule has 0 aliphatic carbocycles. The predicted molar refractivity (Wildman–Crippen MR) is 113 cm³/mol. The normalized spacial score (nSPS) is 18.1. The van der Waals surface area contributed by atoms with Gasteiger partial charge in [0.05, 0.1) is 0 Å². The van der Waals surface area contributed by atoms with Crippen LogP contribution in [0.15, 0.2) is 24.3 Å². The highest BCUT2D eigenvalue weighted by Gasteiger charge is 2.21. The first-order chi connectivity index (χ1) is 13.6. The molecule has 1 atom stereocenters. The van der Waals surface area contributed by atoms with E-state index in [1.165, 1.54) is 6.42 Å². The first-order valence-corrected chi connectivity index (χ1v) is 10.1. The van der Waals surface area contributed by atoms with E-state index < -0.39 is 0 Å². The summed E-state index contributed by atoms with van der Waals surface area (Å²) in [5.74, 6) is 2.73. The van der Waals surface area contributed by atoms with E-state index in [4.69, 9.17) is 33.3 Å². The number of benzene rings is 1. The topological polar surface area (TPSA) is 71.5 Å². The molecule has 0 spiro atoms. The lowest BCUT2D eigenvalue weighted by atomic mass is 10.0. The van der Waals surface area contributed by atoms with Crippen LogP contribution in [0, 0.1) is 0 Å². The van der Waals surface area contributed by atoms with Crippen LogP contribution in [0.25, 0.3) is 0 Å². The van der Waals surface area contributed by atoms with E-state index in [0.29, 0.717) is 28.8 Å². The number of hydrogen-bond acceptors (Lipinski definition) is 6. The Balaban J connectivity index is 1.38. The summed E-state index contributed by atoms with van der Waals surface area (Å²) in [7, 11) is 0. The minimum atomic E-state index is 0.260. The molecule has 0 radical (unpaired) electrons. The Hall–Kier alpha value is -2.32. The summed E-state index contributed by atoms with van der Waals surface area (Å²) in [5, 5.41) is 7.00. The Labute approximate surface area is 174 Å². The van der Waals surface area contributed by atoms with Gasteiger partial charge in [0.2, 0.25) is 12.7 Å². The van der Waals surface area contributed by atoms with E-state index in [-0.39, 0.29) is 6.79 Å². The average Bonchev–Trinajstić information content (AvgIpc) is 3.14. The zero-order chi connectivity index (χ0) is 19.5. The molecule has 1 aromatic heterocycles. The number of hydrogen-bond donors (Lipinski definition) is 2. The third-order valence-electron chi connectivity index (χ3n) is 4.89. The summed E-state index contributed by atoms with van der Waals surface area (Å²) in [6, 6.07) is 8.03.